The molecule has 0 atom stereocenters. The lowest BCUT2D eigenvalue weighted by atomic mass is 10.4. The van der Waals surface area contributed by atoms with Gasteiger partial charge in [0.15, 0.2) is 0 Å². The SMILES string of the molecule is CO[Si](CCCN(CP(=O)(O)O)CP(=O)(O)O)(OC)OC. The zero-order valence-corrected chi connectivity index (χ0v) is 15.0. The number of rotatable bonds is 11. The molecule has 0 aliphatic carbocycles. The Balaban J connectivity index is 4.62. The first kappa shape index (κ1) is 21.4. The van der Waals surface area contributed by atoms with Crippen molar-refractivity contribution in [2.45, 2.75) is 12.5 Å². The highest BCUT2D eigenvalue weighted by atomic mass is 31.2. The minimum absolute atomic E-state index is 0.0705. The van der Waals surface area contributed by atoms with E-state index in [1.807, 2.05) is 0 Å². The first-order chi connectivity index (χ1) is 9.47. The fourth-order valence-corrected chi connectivity index (χ4v) is 5.17. The smallest absolute Gasteiger partial charge is 0.377 e. The minimum atomic E-state index is -4.41. The summed E-state index contributed by atoms with van der Waals surface area (Å²) in [6.45, 7) is 0.0705. The van der Waals surface area contributed by atoms with Crippen LogP contribution in [0.2, 0.25) is 6.04 Å². The molecule has 0 radical (unpaired) electrons. The van der Waals surface area contributed by atoms with Crippen molar-refractivity contribution in [1.82, 2.24) is 4.90 Å². The van der Waals surface area contributed by atoms with E-state index in [9.17, 15) is 9.13 Å². The van der Waals surface area contributed by atoms with Crippen LogP contribution >= 0.6 is 15.2 Å². The van der Waals surface area contributed by atoms with E-state index in [0.29, 0.717) is 12.5 Å². The summed E-state index contributed by atoms with van der Waals surface area (Å²) in [5.74, 6) is 0. The van der Waals surface area contributed by atoms with Crippen molar-refractivity contribution in [2.24, 2.45) is 0 Å². The Labute approximate surface area is 124 Å². The van der Waals surface area contributed by atoms with Gasteiger partial charge in [0.2, 0.25) is 0 Å². The molecular weight excluding hydrogens is 344 g/mol. The molecule has 13 heteroatoms. The molecule has 21 heavy (non-hydrogen) atoms. The normalized spacial score (nSPS) is 13.9. The fourth-order valence-electron chi connectivity index (χ4n) is 1.78. The summed E-state index contributed by atoms with van der Waals surface area (Å²) < 4.78 is 37.5. The summed E-state index contributed by atoms with van der Waals surface area (Å²) in [5.41, 5.74) is 0. The first-order valence-electron chi connectivity index (χ1n) is 5.94. The van der Waals surface area contributed by atoms with Crippen molar-refractivity contribution in [3.63, 3.8) is 0 Å². The molecule has 10 nitrogen and oxygen atoms in total. The molecule has 0 heterocycles. The van der Waals surface area contributed by atoms with Crippen molar-refractivity contribution < 1.29 is 42.0 Å². The molecule has 0 saturated carbocycles. The second kappa shape index (κ2) is 8.85. The third-order valence-electron chi connectivity index (χ3n) is 2.66. The lowest BCUT2D eigenvalue weighted by Gasteiger charge is -2.27. The number of nitrogens with zero attached hydrogens (tertiary/aromatic N) is 1. The zero-order chi connectivity index (χ0) is 16.7. The standard InChI is InChI=1S/C8H23NO9P2Si/c1-16-21(17-2,18-3)6-4-5-9(7-19(10,11)12)8-20(13,14)15/h4-8H2,1-3H3,(H2,10,11,12)(H2,13,14,15). The summed E-state index contributed by atoms with van der Waals surface area (Å²) in [6, 6.07) is 0.356. The average Bonchev–Trinajstić information content (AvgIpc) is 2.31. The van der Waals surface area contributed by atoms with Gasteiger partial charge in [-0.1, -0.05) is 0 Å². The topological polar surface area (TPSA) is 146 Å². The molecule has 0 aromatic carbocycles. The van der Waals surface area contributed by atoms with Gasteiger partial charge in [0, 0.05) is 27.4 Å². The van der Waals surface area contributed by atoms with Crippen LogP contribution in [0.25, 0.3) is 0 Å². The first-order valence-corrected chi connectivity index (χ1v) is 11.5. The Hall–Kier alpha value is 0.357. The Kier molecular flexibility index (Phi) is 9.00. The maximum atomic E-state index is 11.0. The zero-order valence-electron chi connectivity index (χ0n) is 12.2. The van der Waals surface area contributed by atoms with Crippen LogP contribution in [0.15, 0.2) is 0 Å². The lowest BCUT2D eigenvalue weighted by molar-refractivity contribution is 0.122. The minimum Gasteiger partial charge on any atom is -0.377 e. The van der Waals surface area contributed by atoms with Gasteiger partial charge in [-0.05, 0) is 13.0 Å². The second-order valence-corrected chi connectivity index (χ2v) is 10.7. The van der Waals surface area contributed by atoms with Crippen molar-refractivity contribution in [2.75, 3.05) is 40.4 Å². The van der Waals surface area contributed by atoms with Gasteiger partial charge in [0.05, 0.1) is 0 Å². The Bertz CT molecular complexity index is 361. The summed E-state index contributed by atoms with van der Waals surface area (Å²) in [7, 11) is -7.34. The Morgan fingerprint density at radius 2 is 1.29 bits per heavy atom. The molecule has 0 aromatic rings. The molecule has 0 bridgehead atoms. The van der Waals surface area contributed by atoms with E-state index in [4.69, 9.17) is 32.9 Å². The van der Waals surface area contributed by atoms with Crippen LogP contribution in [0.1, 0.15) is 6.42 Å². The highest BCUT2D eigenvalue weighted by molar-refractivity contribution is 7.52. The van der Waals surface area contributed by atoms with Gasteiger partial charge in [0.1, 0.15) is 12.6 Å². The summed E-state index contributed by atoms with van der Waals surface area (Å²) in [5, 5.41) is 0. The van der Waals surface area contributed by atoms with Gasteiger partial charge in [-0.25, -0.2) is 0 Å². The maximum absolute atomic E-state index is 11.0. The van der Waals surface area contributed by atoms with Crippen molar-refractivity contribution >= 4 is 24.0 Å². The molecule has 0 aromatic heterocycles. The average molecular weight is 367 g/mol. The van der Waals surface area contributed by atoms with Crippen LogP contribution in [-0.4, -0.2) is 73.7 Å². The van der Waals surface area contributed by atoms with Gasteiger partial charge >= 0.3 is 24.0 Å². The van der Waals surface area contributed by atoms with Crippen molar-refractivity contribution in [3.8, 4) is 0 Å². The van der Waals surface area contributed by atoms with E-state index in [0.717, 1.165) is 4.90 Å². The molecule has 0 rings (SSSR count). The third-order valence-corrected chi connectivity index (χ3v) is 7.03. The van der Waals surface area contributed by atoms with Crippen LogP contribution in [0.4, 0.5) is 0 Å². The van der Waals surface area contributed by atoms with Gasteiger partial charge in [-0.15, -0.1) is 0 Å². The maximum Gasteiger partial charge on any atom is 0.500 e. The van der Waals surface area contributed by atoms with Crippen LogP contribution in [-0.2, 0) is 22.4 Å². The molecule has 128 valence electrons. The molecule has 0 spiro atoms. The van der Waals surface area contributed by atoms with Crippen LogP contribution in [0.5, 0.6) is 0 Å². The van der Waals surface area contributed by atoms with Crippen LogP contribution in [0, 0.1) is 0 Å². The van der Waals surface area contributed by atoms with E-state index in [1.54, 1.807) is 0 Å². The quantitative estimate of drug-likeness (QED) is 0.287. The van der Waals surface area contributed by atoms with Gasteiger partial charge in [-0.2, -0.15) is 0 Å². The summed E-state index contributed by atoms with van der Waals surface area (Å²) in [4.78, 5) is 36.8. The van der Waals surface area contributed by atoms with E-state index in [2.05, 4.69) is 0 Å². The fraction of sp³-hybridized carbons (Fsp3) is 1.00. The van der Waals surface area contributed by atoms with Crippen molar-refractivity contribution in [3.05, 3.63) is 0 Å². The van der Waals surface area contributed by atoms with E-state index in [1.165, 1.54) is 21.3 Å². The third kappa shape index (κ3) is 9.87. The largest absolute Gasteiger partial charge is 0.500 e. The second-order valence-electron chi connectivity index (χ2n) is 4.41. The molecule has 0 unspecified atom stereocenters. The molecule has 4 N–H and O–H groups in total. The predicted molar refractivity (Wildman–Crippen MR) is 76.7 cm³/mol. The summed E-state index contributed by atoms with van der Waals surface area (Å²) in [6.07, 6.45) is -1.10. The molecule has 0 saturated heterocycles. The Morgan fingerprint density at radius 3 is 1.57 bits per heavy atom. The van der Waals surface area contributed by atoms with Crippen LogP contribution < -0.4 is 0 Å². The molecule has 0 fully saturated rings. The molecular formula is C8H23NO9P2Si. The van der Waals surface area contributed by atoms with Crippen LogP contribution in [0.3, 0.4) is 0 Å². The van der Waals surface area contributed by atoms with E-state index < -0.39 is 36.6 Å². The van der Waals surface area contributed by atoms with Gasteiger partial charge in [-0.3, -0.25) is 14.0 Å². The molecule has 0 aliphatic rings. The van der Waals surface area contributed by atoms with E-state index >= 15 is 0 Å². The van der Waals surface area contributed by atoms with Gasteiger partial charge in [0.25, 0.3) is 0 Å². The molecule has 0 aliphatic heterocycles. The van der Waals surface area contributed by atoms with E-state index in [-0.39, 0.29) is 6.54 Å². The monoisotopic (exact) mass is 367 g/mol. The highest BCUT2D eigenvalue weighted by Crippen LogP contribution is 2.40. The summed E-state index contributed by atoms with van der Waals surface area (Å²) >= 11 is 0. The number of hydrogen-bond acceptors (Lipinski definition) is 6. The van der Waals surface area contributed by atoms with Gasteiger partial charge < -0.3 is 32.9 Å². The highest BCUT2D eigenvalue weighted by Gasteiger charge is 2.37. The Morgan fingerprint density at radius 1 is 0.905 bits per heavy atom. The molecule has 0 amide bonds. The lowest BCUT2D eigenvalue weighted by Crippen LogP contribution is -2.43. The van der Waals surface area contributed by atoms with Crippen molar-refractivity contribution in [1.29, 1.82) is 0 Å². The predicted octanol–water partition coefficient (Wildman–Crippen LogP) is -0.173. The number of hydrogen-bond donors (Lipinski definition) is 4.